The Morgan fingerprint density at radius 2 is 2.04 bits per heavy atom. The van der Waals surface area contributed by atoms with Gasteiger partial charge in [0.25, 0.3) is 5.91 Å². The molecule has 0 spiro atoms. The van der Waals surface area contributed by atoms with Crippen molar-refractivity contribution in [3.63, 3.8) is 0 Å². The lowest BCUT2D eigenvalue weighted by Crippen LogP contribution is -2.55. The average Bonchev–Trinajstić information content (AvgIpc) is 2.95. The van der Waals surface area contributed by atoms with Crippen molar-refractivity contribution in [2.75, 3.05) is 7.05 Å². The van der Waals surface area contributed by atoms with Crippen LogP contribution in [0.25, 0.3) is 5.65 Å². The highest BCUT2D eigenvalue weighted by molar-refractivity contribution is 6.31. The van der Waals surface area contributed by atoms with Crippen LogP contribution in [0.3, 0.4) is 0 Å². The number of carbonyl (C=O) groups excluding carboxylic acids is 1. The van der Waals surface area contributed by atoms with E-state index in [-0.39, 0.29) is 24.4 Å². The van der Waals surface area contributed by atoms with Crippen LogP contribution in [0, 0.1) is 0 Å². The molecule has 1 N–H and O–H groups in total. The first kappa shape index (κ1) is 17.5. The Kier molecular flexibility index (Phi) is 5.04. The van der Waals surface area contributed by atoms with Crippen molar-refractivity contribution in [1.82, 2.24) is 19.6 Å². The van der Waals surface area contributed by atoms with E-state index in [1.807, 2.05) is 0 Å². The fourth-order valence-corrected chi connectivity index (χ4v) is 4.38. The van der Waals surface area contributed by atoms with Crippen molar-refractivity contribution in [3.05, 3.63) is 35.2 Å². The third-order valence-corrected chi connectivity index (χ3v) is 5.58. The summed E-state index contributed by atoms with van der Waals surface area (Å²) >= 11 is 6.13. The lowest BCUT2D eigenvalue weighted by atomic mass is 9.82. The number of nitrogens with one attached hydrogen (secondary N) is 1. The van der Waals surface area contributed by atoms with Crippen LogP contribution in [0.2, 0.25) is 5.02 Å². The Hall–Kier alpha value is -1.30. The molecule has 24 heavy (non-hydrogen) atoms. The molecule has 2 atom stereocenters. The van der Waals surface area contributed by atoms with Gasteiger partial charge in [0.05, 0.1) is 10.6 Å². The van der Waals surface area contributed by atoms with Gasteiger partial charge in [-0.05, 0) is 38.8 Å². The number of carbonyl (C=O) groups is 1. The monoisotopic (exact) mass is 368 g/mol. The summed E-state index contributed by atoms with van der Waals surface area (Å²) in [4.78, 5) is 19.5. The molecule has 1 amide bonds. The second-order valence-corrected chi connectivity index (χ2v) is 7.21. The quantitative estimate of drug-likeness (QED) is 0.885. The summed E-state index contributed by atoms with van der Waals surface area (Å²) < 4.78 is 1.79. The lowest BCUT2D eigenvalue weighted by molar-refractivity contribution is 0.0463. The first-order valence-corrected chi connectivity index (χ1v) is 8.64. The molecule has 4 rings (SSSR count). The van der Waals surface area contributed by atoms with Crippen LogP contribution in [0.15, 0.2) is 24.7 Å². The van der Waals surface area contributed by atoms with E-state index >= 15 is 0 Å². The minimum absolute atomic E-state index is 0. The number of amides is 1. The highest BCUT2D eigenvalue weighted by atomic mass is 35.5. The average molecular weight is 369 g/mol. The molecule has 7 heteroatoms. The molecule has 0 aliphatic carbocycles. The van der Waals surface area contributed by atoms with Crippen LogP contribution in [0.4, 0.5) is 0 Å². The van der Waals surface area contributed by atoms with Gasteiger partial charge in [-0.1, -0.05) is 18.0 Å². The van der Waals surface area contributed by atoms with Crippen LogP contribution < -0.4 is 5.32 Å². The molecule has 2 unspecified atom stereocenters. The predicted octanol–water partition coefficient (Wildman–Crippen LogP) is 3.15. The predicted molar refractivity (Wildman–Crippen MR) is 97.1 cm³/mol. The summed E-state index contributed by atoms with van der Waals surface area (Å²) in [6, 6.07) is 3.13. The molecular formula is C17H22Cl2N4O. The number of rotatable bonds is 2. The number of imidazole rings is 1. The fourth-order valence-electron chi connectivity index (χ4n) is 4.16. The maximum atomic E-state index is 12.7. The number of fused-ring (bicyclic) bond motifs is 3. The summed E-state index contributed by atoms with van der Waals surface area (Å²) in [6.45, 7) is 0. The number of piperidine rings is 2. The van der Waals surface area contributed by atoms with Gasteiger partial charge in [0.15, 0.2) is 0 Å². The number of nitrogens with zero attached hydrogens (tertiary/aromatic N) is 3. The van der Waals surface area contributed by atoms with Gasteiger partial charge < -0.3 is 14.6 Å². The van der Waals surface area contributed by atoms with Crippen LogP contribution in [0.1, 0.15) is 42.5 Å². The first-order valence-electron chi connectivity index (χ1n) is 8.27. The van der Waals surface area contributed by atoms with E-state index in [1.54, 1.807) is 29.1 Å². The molecular weight excluding hydrogens is 347 g/mol. The van der Waals surface area contributed by atoms with Crippen LogP contribution in [-0.4, -0.2) is 45.4 Å². The number of hydrogen-bond donors (Lipinski definition) is 1. The SMILES string of the molecule is CN1C2CCCC1CC(NC(=O)c1cc(Cl)cn3ccnc13)C2.Cl. The number of hydrogen-bond acceptors (Lipinski definition) is 3. The molecule has 5 nitrogen and oxygen atoms in total. The van der Waals surface area contributed by atoms with Crippen molar-refractivity contribution in [1.29, 1.82) is 0 Å². The minimum Gasteiger partial charge on any atom is -0.349 e. The molecule has 4 heterocycles. The van der Waals surface area contributed by atoms with E-state index in [0.717, 1.165) is 12.8 Å². The summed E-state index contributed by atoms with van der Waals surface area (Å²) in [5, 5.41) is 3.76. The largest absolute Gasteiger partial charge is 0.349 e. The van der Waals surface area contributed by atoms with Gasteiger partial charge in [0, 0.05) is 36.7 Å². The molecule has 2 aromatic rings. The molecule has 130 valence electrons. The molecule has 0 saturated carbocycles. The maximum Gasteiger partial charge on any atom is 0.255 e. The zero-order chi connectivity index (χ0) is 16.0. The summed E-state index contributed by atoms with van der Waals surface area (Å²) in [7, 11) is 2.22. The highest BCUT2D eigenvalue weighted by Gasteiger charge is 2.36. The minimum atomic E-state index is -0.0728. The zero-order valence-electron chi connectivity index (χ0n) is 13.6. The molecule has 0 radical (unpaired) electrons. The van der Waals surface area contributed by atoms with Gasteiger partial charge in [-0.15, -0.1) is 12.4 Å². The van der Waals surface area contributed by atoms with Gasteiger partial charge in [-0.25, -0.2) is 4.98 Å². The third kappa shape index (κ3) is 3.13. The molecule has 2 bridgehead atoms. The van der Waals surface area contributed by atoms with E-state index in [1.165, 1.54) is 19.3 Å². The normalized spacial score (nSPS) is 26.8. The Labute approximate surface area is 152 Å². The summed E-state index contributed by atoms with van der Waals surface area (Å²) in [5.74, 6) is -0.0728. The molecule has 2 saturated heterocycles. The third-order valence-electron chi connectivity index (χ3n) is 5.37. The Bertz CT molecular complexity index is 733. The van der Waals surface area contributed by atoms with Gasteiger partial charge >= 0.3 is 0 Å². The van der Waals surface area contributed by atoms with Crippen LogP contribution >= 0.6 is 24.0 Å². The van der Waals surface area contributed by atoms with E-state index in [2.05, 4.69) is 22.2 Å². The lowest BCUT2D eigenvalue weighted by Gasteiger charge is -2.47. The smallest absolute Gasteiger partial charge is 0.255 e. The first-order chi connectivity index (χ1) is 11.1. The maximum absolute atomic E-state index is 12.7. The van der Waals surface area contributed by atoms with Crippen molar-refractivity contribution >= 4 is 35.6 Å². The molecule has 0 aromatic carbocycles. The standard InChI is InChI=1S/C17H21ClN4O.ClH/c1-21-13-3-2-4-14(21)9-12(8-13)20-17(23)15-7-11(18)10-22-6-5-19-16(15)22;/h5-7,10,12-14H,2-4,8-9H2,1H3,(H,20,23);1H. The Morgan fingerprint density at radius 1 is 1.33 bits per heavy atom. The van der Waals surface area contributed by atoms with E-state index in [0.29, 0.717) is 28.3 Å². The van der Waals surface area contributed by atoms with E-state index in [4.69, 9.17) is 11.6 Å². The molecule has 2 aromatic heterocycles. The molecule has 2 aliphatic heterocycles. The van der Waals surface area contributed by atoms with Gasteiger partial charge in [-0.2, -0.15) is 0 Å². The van der Waals surface area contributed by atoms with Crippen LogP contribution in [0.5, 0.6) is 0 Å². The number of halogens is 2. The highest BCUT2D eigenvalue weighted by Crippen LogP contribution is 2.32. The summed E-state index contributed by atoms with van der Waals surface area (Å²) in [5.41, 5.74) is 1.20. The van der Waals surface area contributed by atoms with E-state index < -0.39 is 0 Å². The second kappa shape index (κ2) is 6.90. The molecule has 2 aliphatic rings. The van der Waals surface area contributed by atoms with Crippen molar-refractivity contribution in [2.24, 2.45) is 0 Å². The topological polar surface area (TPSA) is 49.6 Å². The number of pyridine rings is 1. The second-order valence-electron chi connectivity index (χ2n) is 6.78. The molecule has 2 fully saturated rings. The van der Waals surface area contributed by atoms with Crippen molar-refractivity contribution in [3.8, 4) is 0 Å². The van der Waals surface area contributed by atoms with Gasteiger partial charge in [0.1, 0.15) is 5.65 Å². The Balaban J connectivity index is 0.00000169. The van der Waals surface area contributed by atoms with Crippen molar-refractivity contribution < 1.29 is 4.79 Å². The van der Waals surface area contributed by atoms with Gasteiger partial charge in [-0.3, -0.25) is 4.79 Å². The van der Waals surface area contributed by atoms with E-state index in [9.17, 15) is 4.79 Å². The fraction of sp³-hybridized carbons (Fsp3) is 0.529. The van der Waals surface area contributed by atoms with Gasteiger partial charge in [0.2, 0.25) is 0 Å². The summed E-state index contributed by atoms with van der Waals surface area (Å²) in [6.07, 6.45) is 11.1. The van der Waals surface area contributed by atoms with Crippen molar-refractivity contribution in [2.45, 2.75) is 50.2 Å². The zero-order valence-corrected chi connectivity index (χ0v) is 15.2. The number of aromatic nitrogens is 2. The Morgan fingerprint density at radius 3 is 2.75 bits per heavy atom. The van der Waals surface area contributed by atoms with Crippen LogP contribution in [-0.2, 0) is 0 Å².